The molecule has 0 fully saturated rings. The van der Waals surface area contributed by atoms with E-state index in [0.29, 0.717) is 17.0 Å². The van der Waals surface area contributed by atoms with Crippen LogP contribution in [0.1, 0.15) is 30.5 Å². The molecule has 0 saturated heterocycles. The number of amides is 2. The average molecular weight is 462 g/mol. The molecule has 5 nitrogen and oxygen atoms in total. The summed E-state index contributed by atoms with van der Waals surface area (Å²) in [4.78, 5) is 28.1. The van der Waals surface area contributed by atoms with Crippen LogP contribution in [0.3, 0.4) is 0 Å². The number of anilines is 2. The SMILES string of the molecule is Cc1ccc(C2=C(Nc3ccc(F)c(F)c3)C(=O)N(c3ccc(OC(C)C)cc3)C2=O)cc1C. The third-order valence-corrected chi connectivity index (χ3v) is 5.54. The van der Waals surface area contributed by atoms with E-state index in [9.17, 15) is 18.4 Å². The van der Waals surface area contributed by atoms with Crippen LogP contribution in [0.5, 0.6) is 5.75 Å². The highest BCUT2D eigenvalue weighted by molar-refractivity contribution is 6.46. The summed E-state index contributed by atoms with van der Waals surface area (Å²) in [6.45, 7) is 7.66. The van der Waals surface area contributed by atoms with E-state index in [-0.39, 0.29) is 23.1 Å². The number of rotatable bonds is 6. The van der Waals surface area contributed by atoms with Crippen LogP contribution < -0.4 is 15.0 Å². The van der Waals surface area contributed by atoms with Gasteiger partial charge < -0.3 is 10.1 Å². The number of nitrogens with zero attached hydrogens (tertiary/aromatic N) is 1. The smallest absolute Gasteiger partial charge is 0.282 e. The molecule has 0 bridgehead atoms. The standard InChI is InChI=1S/C27H24F2N2O3/c1-15(2)34-21-10-8-20(9-11-21)31-26(32)24(18-6-5-16(3)17(4)13-18)25(27(31)33)30-19-7-12-22(28)23(29)14-19/h5-15,30H,1-4H3. The second kappa shape index (κ2) is 9.09. The lowest BCUT2D eigenvalue weighted by molar-refractivity contribution is -0.120. The number of ether oxygens (including phenoxy) is 1. The van der Waals surface area contributed by atoms with Crippen molar-refractivity contribution in [2.75, 3.05) is 10.2 Å². The zero-order valence-electron chi connectivity index (χ0n) is 19.3. The van der Waals surface area contributed by atoms with Crippen LogP contribution in [0.25, 0.3) is 5.57 Å². The molecule has 0 atom stereocenters. The lowest BCUT2D eigenvalue weighted by Crippen LogP contribution is -2.32. The van der Waals surface area contributed by atoms with Gasteiger partial charge in [0.1, 0.15) is 11.4 Å². The van der Waals surface area contributed by atoms with Gasteiger partial charge in [0, 0.05) is 11.8 Å². The molecule has 1 aliphatic rings. The van der Waals surface area contributed by atoms with E-state index < -0.39 is 23.4 Å². The number of hydrogen-bond acceptors (Lipinski definition) is 4. The van der Waals surface area contributed by atoms with Crippen molar-refractivity contribution < 1.29 is 23.1 Å². The van der Waals surface area contributed by atoms with E-state index in [2.05, 4.69) is 5.32 Å². The predicted octanol–water partition coefficient (Wildman–Crippen LogP) is 5.77. The van der Waals surface area contributed by atoms with Gasteiger partial charge >= 0.3 is 0 Å². The van der Waals surface area contributed by atoms with Gasteiger partial charge in [-0.05, 0) is 80.8 Å². The highest BCUT2D eigenvalue weighted by Crippen LogP contribution is 2.35. The molecule has 0 aromatic heterocycles. The van der Waals surface area contributed by atoms with Gasteiger partial charge in [0.2, 0.25) is 0 Å². The molecule has 1 aliphatic heterocycles. The number of benzene rings is 3. The topological polar surface area (TPSA) is 58.6 Å². The molecular formula is C27H24F2N2O3. The maximum absolute atomic E-state index is 13.8. The van der Waals surface area contributed by atoms with Crippen LogP contribution in [0, 0.1) is 25.5 Å². The van der Waals surface area contributed by atoms with Gasteiger partial charge in [0.25, 0.3) is 11.8 Å². The van der Waals surface area contributed by atoms with Crippen LogP contribution in [-0.4, -0.2) is 17.9 Å². The van der Waals surface area contributed by atoms with E-state index in [4.69, 9.17) is 4.74 Å². The first kappa shape index (κ1) is 23.2. The van der Waals surface area contributed by atoms with Crippen LogP contribution in [0.15, 0.2) is 66.4 Å². The maximum atomic E-state index is 13.8. The van der Waals surface area contributed by atoms with E-state index in [1.807, 2.05) is 39.8 Å². The van der Waals surface area contributed by atoms with Gasteiger partial charge in [-0.3, -0.25) is 9.59 Å². The Kier molecular flexibility index (Phi) is 6.20. The van der Waals surface area contributed by atoms with Crippen molar-refractivity contribution in [3.8, 4) is 5.75 Å². The third kappa shape index (κ3) is 4.41. The van der Waals surface area contributed by atoms with Crippen molar-refractivity contribution in [3.63, 3.8) is 0 Å². The number of carbonyl (C=O) groups excluding carboxylic acids is 2. The molecule has 3 aromatic rings. The van der Waals surface area contributed by atoms with Gasteiger partial charge in [-0.15, -0.1) is 0 Å². The number of nitrogens with one attached hydrogen (secondary N) is 1. The summed E-state index contributed by atoms with van der Waals surface area (Å²) in [5.41, 5.74) is 3.20. The third-order valence-electron chi connectivity index (χ3n) is 5.54. The molecule has 0 aliphatic carbocycles. The van der Waals surface area contributed by atoms with Gasteiger partial charge in [-0.25, -0.2) is 13.7 Å². The molecule has 0 saturated carbocycles. The van der Waals surface area contributed by atoms with Crippen molar-refractivity contribution in [2.24, 2.45) is 0 Å². The van der Waals surface area contributed by atoms with E-state index in [1.54, 1.807) is 30.3 Å². The zero-order valence-corrected chi connectivity index (χ0v) is 19.3. The van der Waals surface area contributed by atoms with Gasteiger partial charge in [0.15, 0.2) is 11.6 Å². The molecule has 0 unspecified atom stereocenters. The van der Waals surface area contributed by atoms with Crippen LogP contribution in [0.4, 0.5) is 20.2 Å². The number of hydrogen-bond donors (Lipinski definition) is 1. The Balaban J connectivity index is 1.78. The highest BCUT2D eigenvalue weighted by atomic mass is 19.2. The lowest BCUT2D eigenvalue weighted by atomic mass is 9.99. The molecule has 3 aromatic carbocycles. The minimum Gasteiger partial charge on any atom is -0.491 e. The Hall–Kier alpha value is -4.00. The molecule has 7 heteroatoms. The molecule has 0 radical (unpaired) electrons. The Morgan fingerprint density at radius 3 is 2.15 bits per heavy atom. The lowest BCUT2D eigenvalue weighted by Gasteiger charge is -2.17. The molecular weight excluding hydrogens is 438 g/mol. The van der Waals surface area contributed by atoms with Crippen LogP contribution in [0.2, 0.25) is 0 Å². The normalized spacial score (nSPS) is 13.8. The molecule has 4 rings (SSSR count). The number of carbonyl (C=O) groups is 2. The summed E-state index contributed by atoms with van der Waals surface area (Å²) >= 11 is 0. The minimum atomic E-state index is -1.06. The fourth-order valence-corrected chi connectivity index (χ4v) is 3.71. The second-order valence-electron chi connectivity index (χ2n) is 8.41. The van der Waals surface area contributed by atoms with Crippen molar-refractivity contribution in [3.05, 3.63) is 94.7 Å². The number of aryl methyl sites for hydroxylation is 2. The fraction of sp³-hybridized carbons (Fsp3) is 0.185. The summed E-state index contributed by atoms with van der Waals surface area (Å²) in [7, 11) is 0. The quantitative estimate of drug-likeness (QED) is 0.473. The van der Waals surface area contributed by atoms with Crippen molar-refractivity contribution in [1.29, 1.82) is 0 Å². The monoisotopic (exact) mass is 462 g/mol. The van der Waals surface area contributed by atoms with Gasteiger partial charge in [0.05, 0.1) is 17.4 Å². The predicted molar refractivity (Wildman–Crippen MR) is 128 cm³/mol. The van der Waals surface area contributed by atoms with E-state index in [0.717, 1.165) is 28.2 Å². The van der Waals surface area contributed by atoms with Crippen molar-refractivity contribution in [1.82, 2.24) is 0 Å². The van der Waals surface area contributed by atoms with Gasteiger partial charge in [-0.2, -0.15) is 0 Å². The summed E-state index contributed by atoms with van der Waals surface area (Å²) in [6, 6.07) is 15.3. The van der Waals surface area contributed by atoms with Crippen molar-refractivity contribution in [2.45, 2.75) is 33.8 Å². The summed E-state index contributed by atoms with van der Waals surface area (Å²) in [5.74, 6) is -2.57. The Labute approximate surface area is 196 Å². The maximum Gasteiger partial charge on any atom is 0.282 e. The molecule has 174 valence electrons. The second-order valence-corrected chi connectivity index (χ2v) is 8.41. The van der Waals surface area contributed by atoms with E-state index >= 15 is 0 Å². The summed E-state index contributed by atoms with van der Waals surface area (Å²) < 4.78 is 32.9. The average Bonchev–Trinajstić information content (AvgIpc) is 3.02. The highest BCUT2D eigenvalue weighted by Gasteiger charge is 2.40. The first-order chi connectivity index (χ1) is 16.2. The number of halogens is 2. The van der Waals surface area contributed by atoms with Crippen molar-refractivity contribution >= 4 is 28.8 Å². The Morgan fingerprint density at radius 1 is 0.824 bits per heavy atom. The van der Waals surface area contributed by atoms with E-state index in [1.165, 1.54) is 6.07 Å². The van der Waals surface area contributed by atoms with Gasteiger partial charge in [-0.1, -0.05) is 18.2 Å². The Bertz CT molecular complexity index is 1310. The Morgan fingerprint density at radius 2 is 1.53 bits per heavy atom. The molecule has 1 N–H and O–H groups in total. The molecule has 2 amide bonds. The largest absolute Gasteiger partial charge is 0.491 e. The first-order valence-corrected chi connectivity index (χ1v) is 10.8. The summed E-state index contributed by atoms with van der Waals surface area (Å²) in [6.07, 6.45) is -0.0224. The summed E-state index contributed by atoms with van der Waals surface area (Å²) in [5, 5.41) is 2.85. The first-order valence-electron chi connectivity index (χ1n) is 10.8. The van der Waals surface area contributed by atoms with Crippen LogP contribution in [-0.2, 0) is 9.59 Å². The fourth-order valence-electron chi connectivity index (χ4n) is 3.71. The minimum absolute atomic E-state index is 0.0123. The molecule has 1 heterocycles. The van der Waals surface area contributed by atoms with Crippen LogP contribution >= 0.6 is 0 Å². The molecule has 0 spiro atoms. The molecule has 34 heavy (non-hydrogen) atoms. The number of imide groups is 1. The zero-order chi connectivity index (χ0) is 24.6.